The molecule has 0 unspecified atom stereocenters. The number of hydrogen-bond acceptors (Lipinski definition) is 6. The van der Waals surface area contributed by atoms with Gasteiger partial charge in [-0.3, -0.25) is 9.69 Å². The second-order valence-corrected chi connectivity index (χ2v) is 9.81. The third kappa shape index (κ3) is 5.11. The highest BCUT2D eigenvalue weighted by Gasteiger charge is 2.37. The first kappa shape index (κ1) is 22.1. The Morgan fingerprint density at radius 1 is 1.03 bits per heavy atom. The Balaban J connectivity index is 1.14. The standard InChI is InChI=1S/C26H29N3O3S/c30-25(18-32-22-8-2-1-3-9-22)29-14-11-26(31,12-15-29)23-19-33-24(27-23)17-28-13-10-20-6-4-5-7-21(20)16-28/h1-9,19,31H,10-18H2. The second-order valence-electron chi connectivity index (χ2n) is 8.87. The smallest absolute Gasteiger partial charge is 0.260 e. The molecular formula is C26H29N3O3S. The van der Waals surface area contributed by atoms with Crippen molar-refractivity contribution in [3.63, 3.8) is 0 Å². The zero-order chi connectivity index (χ0) is 22.7. The van der Waals surface area contributed by atoms with E-state index in [0.717, 1.165) is 36.8 Å². The minimum absolute atomic E-state index is 0.0161. The van der Waals surface area contributed by atoms with E-state index in [2.05, 4.69) is 29.2 Å². The summed E-state index contributed by atoms with van der Waals surface area (Å²) < 4.78 is 5.59. The van der Waals surface area contributed by atoms with Crippen molar-refractivity contribution < 1.29 is 14.6 Å². The predicted octanol–water partition coefficient (Wildman–Crippen LogP) is 3.59. The summed E-state index contributed by atoms with van der Waals surface area (Å²) in [5.41, 5.74) is 2.61. The SMILES string of the molecule is O=C(COc1ccccc1)N1CCC(O)(c2csc(CN3CCc4ccccc4C3)n2)CC1. The molecule has 7 heteroatoms. The van der Waals surface area contributed by atoms with Gasteiger partial charge in [-0.2, -0.15) is 0 Å². The third-order valence-corrected chi connectivity index (χ3v) is 7.48. The van der Waals surface area contributed by atoms with Crippen molar-refractivity contribution in [1.29, 1.82) is 0 Å². The molecule has 0 spiro atoms. The minimum Gasteiger partial charge on any atom is -0.484 e. The van der Waals surface area contributed by atoms with Crippen molar-refractivity contribution in [2.75, 3.05) is 26.2 Å². The fraction of sp³-hybridized carbons (Fsp3) is 0.385. The monoisotopic (exact) mass is 463 g/mol. The summed E-state index contributed by atoms with van der Waals surface area (Å²) in [4.78, 5) is 21.5. The number of ether oxygens (including phenoxy) is 1. The zero-order valence-corrected chi connectivity index (χ0v) is 19.5. The number of carbonyl (C=O) groups excluding carboxylic acids is 1. The Bertz CT molecular complexity index is 1090. The van der Waals surface area contributed by atoms with Crippen LogP contribution in [0.5, 0.6) is 5.75 Å². The van der Waals surface area contributed by atoms with E-state index in [0.29, 0.717) is 31.7 Å². The van der Waals surface area contributed by atoms with Crippen molar-refractivity contribution in [1.82, 2.24) is 14.8 Å². The molecule has 2 aromatic carbocycles. The number of thiazole rings is 1. The number of fused-ring (bicyclic) bond motifs is 1. The summed E-state index contributed by atoms with van der Waals surface area (Å²) in [6.07, 6.45) is 2.05. The topological polar surface area (TPSA) is 65.9 Å². The molecule has 6 nitrogen and oxygen atoms in total. The van der Waals surface area contributed by atoms with E-state index in [9.17, 15) is 9.90 Å². The summed E-state index contributed by atoms with van der Waals surface area (Å²) in [5.74, 6) is 0.636. The van der Waals surface area contributed by atoms with Crippen LogP contribution in [0.15, 0.2) is 60.0 Å². The number of aromatic nitrogens is 1. The average molecular weight is 464 g/mol. The van der Waals surface area contributed by atoms with Gasteiger partial charge in [0.1, 0.15) is 16.4 Å². The lowest BCUT2D eigenvalue weighted by molar-refractivity contribution is -0.138. The van der Waals surface area contributed by atoms with Crippen LogP contribution in [0.25, 0.3) is 0 Å². The summed E-state index contributed by atoms with van der Waals surface area (Å²) in [7, 11) is 0. The minimum atomic E-state index is -0.972. The van der Waals surface area contributed by atoms with Crippen LogP contribution in [0.2, 0.25) is 0 Å². The molecule has 1 aromatic heterocycles. The summed E-state index contributed by atoms with van der Waals surface area (Å²) >= 11 is 1.62. The fourth-order valence-corrected chi connectivity index (χ4v) is 5.54. The highest BCUT2D eigenvalue weighted by molar-refractivity contribution is 7.09. The normalized spacial score (nSPS) is 18.0. The Kier molecular flexibility index (Phi) is 6.44. The first-order valence-electron chi connectivity index (χ1n) is 11.5. The molecule has 1 N–H and O–H groups in total. The number of amides is 1. The number of hydrogen-bond donors (Lipinski definition) is 1. The average Bonchev–Trinajstić information content (AvgIpc) is 3.33. The Labute approximate surface area is 198 Å². The quantitative estimate of drug-likeness (QED) is 0.605. The lowest BCUT2D eigenvalue weighted by atomic mass is 9.89. The van der Waals surface area contributed by atoms with Gasteiger partial charge in [0.15, 0.2) is 6.61 Å². The van der Waals surface area contributed by atoms with Crippen molar-refractivity contribution in [2.45, 2.75) is 38.0 Å². The molecule has 2 aliphatic rings. The first-order chi connectivity index (χ1) is 16.1. The fourth-order valence-electron chi connectivity index (χ4n) is 4.61. The molecule has 33 heavy (non-hydrogen) atoms. The van der Waals surface area contributed by atoms with Gasteiger partial charge in [-0.05, 0) is 42.5 Å². The van der Waals surface area contributed by atoms with Crippen LogP contribution in [0.1, 0.15) is 34.7 Å². The van der Waals surface area contributed by atoms with Crippen LogP contribution >= 0.6 is 11.3 Å². The van der Waals surface area contributed by atoms with E-state index in [4.69, 9.17) is 9.72 Å². The molecule has 5 rings (SSSR count). The van der Waals surface area contributed by atoms with E-state index >= 15 is 0 Å². The molecule has 1 fully saturated rings. The number of para-hydroxylation sites is 1. The second kappa shape index (κ2) is 9.63. The van der Waals surface area contributed by atoms with Crippen molar-refractivity contribution in [3.05, 3.63) is 81.8 Å². The van der Waals surface area contributed by atoms with Gasteiger partial charge in [-0.1, -0.05) is 42.5 Å². The number of rotatable bonds is 6. The Morgan fingerprint density at radius 2 is 1.76 bits per heavy atom. The van der Waals surface area contributed by atoms with Crippen LogP contribution in [0.4, 0.5) is 0 Å². The van der Waals surface area contributed by atoms with Gasteiger partial charge >= 0.3 is 0 Å². The molecule has 0 saturated carbocycles. The van der Waals surface area contributed by atoms with Gasteiger partial charge in [0.05, 0.1) is 12.2 Å². The van der Waals surface area contributed by atoms with Gasteiger partial charge in [0, 0.05) is 31.6 Å². The molecule has 0 bridgehead atoms. The summed E-state index contributed by atoms with van der Waals surface area (Å²) in [6, 6.07) is 18.0. The van der Waals surface area contributed by atoms with Crippen LogP contribution in [-0.4, -0.2) is 52.0 Å². The van der Waals surface area contributed by atoms with Crippen molar-refractivity contribution in [2.24, 2.45) is 0 Å². The highest BCUT2D eigenvalue weighted by Crippen LogP contribution is 2.34. The van der Waals surface area contributed by atoms with E-state index in [1.807, 2.05) is 35.7 Å². The third-order valence-electron chi connectivity index (χ3n) is 6.65. The number of nitrogens with zero attached hydrogens (tertiary/aromatic N) is 3. The predicted molar refractivity (Wildman–Crippen MR) is 128 cm³/mol. The largest absolute Gasteiger partial charge is 0.484 e. The van der Waals surface area contributed by atoms with E-state index in [-0.39, 0.29) is 12.5 Å². The van der Waals surface area contributed by atoms with Crippen LogP contribution in [0, 0.1) is 0 Å². The lowest BCUT2D eigenvalue weighted by Gasteiger charge is -2.37. The van der Waals surface area contributed by atoms with Crippen LogP contribution in [0.3, 0.4) is 0 Å². The van der Waals surface area contributed by atoms with Crippen LogP contribution < -0.4 is 4.74 Å². The molecule has 1 amide bonds. The molecular weight excluding hydrogens is 434 g/mol. The molecule has 172 valence electrons. The van der Waals surface area contributed by atoms with Crippen molar-refractivity contribution >= 4 is 17.2 Å². The molecule has 0 atom stereocenters. The lowest BCUT2D eigenvalue weighted by Crippen LogP contribution is -2.46. The van der Waals surface area contributed by atoms with Crippen molar-refractivity contribution in [3.8, 4) is 5.75 Å². The Morgan fingerprint density at radius 3 is 2.55 bits per heavy atom. The van der Waals surface area contributed by atoms with Gasteiger partial charge < -0.3 is 14.7 Å². The number of piperidine rings is 1. The first-order valence-corrected chi connectivity index (χ1v) is 12.4. The van der Waals surface area contributed by atoms with Gasteiger partial charge in [0.25, 0.3) is 5.91 Å². The van der Waals surface area contributed by atoms with E-state index < -0.39 is 5.60 Å². The molecule has 0 radical (unpaired) electrons. The van der Waals surface area contributed by atoms with E-state index in [1.54, 1.807) is 16.2 Å². The summed E-state index contributed by atoms with van der Waals surface area (Å²) in [6.45, 7) is 3.79. The number of benzene rings is 2. The molecule has 0 aliphatic carbocycles. The molecule has 2 aliphatic heterocycles. The maximum absolute atomic E-state index is 12.5. The summed E-state index contributed by atoms with van der Waals surface area (Å²) in [5, 5.41) is 14.3. The highest BCUT2D eigenvalue weighted by atomic mass is 32.1. The van der Waals surface area contributed by atoms with Crippen LogP contribution in [-0.2, 0) is 29.9 Å². The maximum Gasteiger partial charge on any atom is 0.260 e. The Hall–Kier alpha value is -2.74. The zero-order valence-electron chi connectivity index (χ0n) is 18.7. The molecule has 3 heterocycles. The van der Waals surface area contributed by atoms with Gasteiger partial charge in [-0.25, -0.2) is 4.98 Å². The number of likely N-dealkylation sites (tertiary alicyclic amines) is 1. The molecule has 3 aromatic rings. The number of carbonyl (C=O) groups is 1. The van der Waals surface area contributed by atoms with E-state index in [1.165, 1.54) is 11.1 Å². The van der Waals surface area contributed by atoms with Gasteiger partial charge in [-0.15, -0.1) is 11.3 Å². The number of aliphatic hydroxyl groups is 1. The van der Waals surface area contributed by atoms with Gasteiger partial charge in [0.2, 0.25) is 0 Å². The molecule has 1 saturated heterocycles. The maximum atomic E-state index is 12.5.